The maximum Gasteiger partial charge on any atom is 0.255 e. The minimum Gasteiger partial charge on any atom is -0.468 e. The van der Waals surface area contributed by atoms with Gasteiger partial charge in [0.1, 0.15) is 11.6 Å². The highest BCUT2D eigenvalue weighted by Gasteiger charge is 2.27. The van der Waals surface area contributed by atoms with E-state index in [1.807, 2.05) is 0 Å². The first kappa shape index (κ1) is 21.7. The zero-order chi connectivity index (χ0) is 21.6. The number of sulfonamides is 1. The van der Waals surface area contributed by atoms with Crippen molar-refractivity contribution in [2.75, 3.05) is 6.54 Å². The molecule has 0 radical (unpaired) electrons. The average molecular weight is 450 g/mol. The average Bonchev–Trinajstić information content (AvgIpc) is 3.23. The molecule has 0 aliphatic rings. The summed E-state index contributed by atoms with van der Waals surface area (Å²) in [6, 6.07) is 15.1. The van der Waals surface area contributed by atoms with Gasteiger partial charge in [0.2, 0.25) is 10.0 Å². The fourth-order valence-electron chi connectivity index (χ4n) is 2.54. The van der Waals surface area contributed by atoms with Crippen molar-refractivity contribution in [3.05, 3.63) is 89.1 Å². The molecule has 0 atom stereocenters. The number of furan rings is 1. The summed E-state index contributed by atoms with van der Waals surface area (Å²) in [5.74, 6) is -0.958. The number of hydrazone groups is 1. The van der Waals surface area contributed by atoms with Gasteiger partial charge in [-0.05, 0) is 36.4 Å². The van der Waals surface area contributed by atoms with Gasteiger partial charge in [-0.25, -0.2) is 18.2 Å². The molecule has 3 aromatic rings. The summed E-state index contributed by atoms with van der Waals surface area (Å²) in [7, 11) is -3.98. The molecule has 1 amide bonds. The van der Waals surface area contributed by atoms with Crippen LogP contribution < -0.4 is 5.43 Å². The Hall–Kier alpha value is -3.01. The molecule has 10 heteroatoms. The second-order valence-electron chi connectivity index (χ2n) is 6.09. The number of amides is 1. The van der Waals surface area contributed by atoms with Gasteiger partial charge in [0.15, 0.2) is 0 Å². The molecule has 7 nitrogen and oxygen atoms in total. The molecule has 30 heavy (non-hydrogen) atoms. The van der Waals surface area contributed by atoms with Crippen molar-refractivity contribution in [1.82, 2.24) is 9.73 Å². The summed E-state index contributed by atoms with van der Waals surface area (Å²) in [5, 5.41) is 3.80. The van der Waals surface area contributed by atoms with Crippen LogP contribution in [0.5, 0.6) is 0 Å². The molecule has 0 fully saturated rings. The third-order valence-electron chi connectivity index (χ3n) is 4.00. The second kappa shape index (κ2) is 9.66. The van der Waals surface area contributed by atoms with E-state index in [1.54, 1.807) is 30.3 Å². The smallest absolute Gasteiger partial charge is 0.255 e. The molecule has 0 saturated heterocycles. The van der Waals surface area contributed by atoms with Gasteiger partial charge < -0.3 is 4.42 Å². The van der Waals surface area contributed by atoms with E-state index in [0.717, 1.165) is 10.5 Å². The summed E-state index contributed by atoms with van der Waals surface area (Å²) in [6.07, 6.45) is 2.46. The van der Waals surface area contributed by atoms with E-state index >= 15 is 0 Å². The Balaban J connectivity index is 1.76. The largest absolute Gasteiger partial charge is 0.468 e. The topological polar surface area (TPSA) is 92.0 Å². The summed E-state index contributed by atoms with van der Waals surface area (Å²) in [6.45, 7) is -0.680. The van der Waals surface area contributed by atoms with Crippen LogP contribution in [0.1, 0.15) is 11.3 Å². The highest BCUT2D eigenvalue weighted by molar-refractivity contribution is 7.89. The number of hydrogen-bond acceptors (Lipinski definition) is 5. The Morgan fingerprint density at radius 3 is 2.57 bits per heavy atom. The van der Waals surface area contributed by atoms with Crippen LogP contribution in [0.4, 0.5) is 4.39 Å². The Bertz CT molecular complexity index is 1120. The molecule has 0 aliphatic carbocycles. The van der Waals surface area contributed by atoms with Crippen LogP contribution in [0.2, 0.25) is 5.02 Å². The van der Waals surface area contributed by atoms with Gasteiger partial charge in [0.25, 0.3) is 5.91 Å². The third kappa shape index (κ3) is 5.32. The van der Waals surface area contributed by atoms with Crippen LogP contribution in [-0.2, 0) is 21.4 Å². The van der Waals surface area contributed by atoms with Crippen molar-refractivity contribution >= 4 is 33.7 Å². The lowest BCUT2D eigenvalue weighted by atomic mass is 10.2. The number of hydrogen-bond donors (Lipinski definition) is 1. The fraction of sp³-hybridized carbons (Fsp3) is 0.100. The molecule has 1 N–H and O–H groups in total. The SMILES string of the molecule is O=C(CN(Cc1ccco1)S(=O)(=O)c1ccccc1)N/N=C\c1c(F)cccc1Cl. The number of benzene rings is 2. The van der Waals surface area contributed by atoms with Crippen LogP contribution >= 0.6 is 11.6 Å². The third-order valence-corrected chi connectivity index (χ3v) is 6.13. The van der Waals surface area contributed by atoms with E-state index in [9.17, 15) is 17.6 Å². The molecule has 3 rings (SSSR count). The van der Waals surface area contributed by atoms with E-state index in [2.05, 4.69) is 10.5 Å². The van der Waals surface area contributed by atoms with E-state index in [4.69, 9.17) is 16.0 Å². The number of carbonyl (C=O) groups excluding carboxylic acids is 1. The van der Waals surface area contributed by atoms with Gasteiger partial charge >= 0.3 is 0 Å². The Labute approximate surface area is 177 Å². The molecule has 0 spiro atoms. The van der Waals surface area contributed by atoms with Crippen molar-refractivity contribution in [2.24, 2.45) is 5.10 Å². The molecular formula is C20H17ClFN3O4S. The number of nitrogens with zero attached hydrogens (tertiary/aromatic N) is 2. The van der Waals surface area contributed by atoms with Crippen LogP contribution in [0, 0.1) is 5.82 Å². The van der Waals surface area contributed by atoms with Crippen LogP contribution in [0.3, 0.4) is 0 Å². The van der Waals surface area contributed by atoms with Crippen LogP contribution in [-0.4, -0.2) is 31.4 Å². The normalized spacial score (nSPS) is 11.8. The quantitative estimate of drug-likeness (QED) is 0.421. The number of nitrogens with one attached hydrogen (secondary N) is 1. The molecule has 1 aromatic heterocycles. The summed E-state index contributed by atoms with van der Waals surface area (Å²) < 4.78 is 45.9. The number of carbonyl (C=O) groups is 1. The Morgan fingerprint density at radius 1 is 1.13 bits per heavy atom. The minimum absolute atomic E-state index is 0.00353. The van der Waals surface area contributed by atoms with Crippen molar-refractivity contribution < 1.29 is 22.0 Å². The van der Waals surface area contributed by atoms with Gasteiger partial charge in [-0.3, -0.25) is 4.79 Å². The first-order chi connectivity index (χ1) is 14.4. The zero-order valence-electron chi connectivity index (χ0n) is 15.5. The molecular weight excluding hydrogens is 433 g/mol. The highest BCUT2D eigenvalue weighted by Crippen LogP contribution is 2.19. The highest BCUT2D eigenvalue weighted by atomic mass is 35.5. The lowest BCUT2D eigenvalue weighted by Gasteiger charge is -2.20. The monoisotopic (exact) mass is 449 g/mol. The minimum atomic E-state index is -3.98. The predicted octanol–water partition coefficient (Wildman–Crippen LogP) is 3.41. The standard InChI is InChI=1S/C20H17ClFN3O4S/c21-18-9-4-10-19(22)17(18)12-23-24-20(26)14-25(13-15-6-5-11-29-15)30(27,28)16-7-2-1-3-8-16/h1-12H,13-14H2,(H,24,26)/b23-12-. The van der Waals surface area contributed by atoms with Gasteiger partial charge in [-0.15, -0.1) is 0 Å². The van der Waals surface area contributed by atoms with E-state index < -0.39 is 28.3 Å². The maximum atomic E-state index is 13.8. The molecule has 156 valence electrons. The molecule has 0 unspecified atom stereocenters. The van der Waals surface area contributed by atoms with E-state index in [-0.39, 0.29) is 22.0 Å². The molecule has 0 saturated carbocycles. The summed E-state index contributed by atoms with van der Waals surface area (Å²) in [5.41, 5.74) is 2.19. The van der Waals surface area contributed by atoms with Crippen molar-refractivity contribution in [1.29, 1.82) is 0 Å². The first-order valence-corrected chi connectivity index (χ1v) is 10.5. The second-order valence-corrected chi connectivity index (χ2v) is 8.44. The summed E-state index contributed by atoms with van der Waals surface area (Å²) >= 11 is 5.89. The van der Waals surface area contributed by atoms with Crippen molar-refractivity contribution in [3.8, 4) is 0 Å². The molecule has 2 aromatic carbocycles. The van der Waals surface area contributed by atoms with Gasteiger partial charge in [0, 0.05) is 5.56 Å². The Morgan fingerprint density at radius 2 is 1.90 bits per heavy atom. The van der Waals surface area contributed by atoms with Gasteiger partial charge in [0.05, 0.1) is 35.5 Å². The van der Waals surface area contributed by atoms with Gasteiger partial charge in [-0.1, -0.05) is 35.9 Å². The molecule has 0 bridgehead atoms. The zero-order valence-corrected chi connectivity index (χ0v) is 17.1. The lowest BCUT2D eigenvalue weighted by Crippen LogP contribution is -2.39. The predicted molar refractivity (Wildman–Crippen MR) is 110 cm³/mol. The molecule has 1 heterocycles. The summed E-state index contributed by atoms with van der Waals surface area (Å²) in [4.78, 5) is 12.4. The maximum absolute atomic E-state index is 13.8. The first-order valence-electron chi connectivity index (χ1n) is 8.71. The Kier molecular flexibility index (Phi) is 6.99. The lowest BCUT2D eigenvalue weighted by molar-refractivity contribution is -0.121. The van der Waals surface area contributed by atoms with E-state index in [0.29, 0.717) is 5.76 Å². The van der Waals surface area contributed by atoms with E-state index in [1.165, 1.54) is 36.6 Å². The fourth-order valence-corrected chi connectivity index (χ4v) is 4.14. The van der Waals surface area contributed by atoms with Crippen molar-refractivity contribution in [3.63, 3.8) is 0 Å². The van der Waals surface area contributed by atoms with Crippen LogP contribution in [0.15, 0.2) is 81.3 Å². The van der Waals surface area contributed by atoms with Crippen LogP contribution in [0.25, 0.3) is 0 Å². The van der Waals surface area contributed by atoms with Crippen molar-refractivity contribution in [2.45, 2.75) is 11.4 Å². The molecule has 0 aliphatic heterocycles. The number of rotatable bonds is 8. The van der Waals surface area contributed by atoms with Gasteiger partial charge in [-0.2, -0.15) is 9.41 Å². The number of halogens is 2.